The molecule has 0 aliphatic carbocycles. The van der Waals surface area contributed by atoms with Gasteiger partial charge in [0.2, 0.25) is 5.91 Å². The van der Waals surface area contributed by atoms with Gasteiger partial charge in [0, 0.05) is 12.6 Å². The maximum absolute atomic E-state index is 13.4. The van der Waals surface area contributed by atoms with Crippen molar-refractivity contribution in [3.8, 4) is 11.5 Å². The topological polar surface area (TPSA) is 55.2 Å². The average molecular weight is 435 g/mol. The lowest BCUT2D eigenvalue weighted by Gasteiger charge is -2.29. The number of nitrogens with zero attached hydrogens (tertiary/aromatic N) is 2. The van der Waals surface area contributed by atoms with Crippen LogP contribution in [0.4, 0.5) is 0 Å². The summed E-state index contributed by atoms with van der Waals surface area (Å²) >= 11 is 0. The monoisotopic (exact) mass is 434 g/mol. The summed E-state index contributed by atoms with van der Waals surface area (Å²) in [7, 11) is 3.28. The van der Waals surface area contributed by atoms with Crippen LogP contribution >= 0.6 is 0 Å². The molecule has 3 aromatic rings. The Balaban J connectivity index is 1.50. The first-order valence-corrected chi connectivity index (χ1v) is 11.0. The van der Waals surface area contributed by atoms with Crippen LogP contribution in [0.1, 0.15) is 35.8 Å². The van der Waals surface area contributed by atoms with E-state index < -0.39 is 0 Å². The zero-order chi connectivity index (χ0) is 22.3. The van der Waals surface area contributed by atoms with Crippen molar-refractivity contribution in [2.75, 3.05) is 27.3 Å². The summed E-state index contributed by atoms with van der Waals surface area (Å²) < 4.78 is 16.4. The SMILES string of the molecule is COc1ccc([C@H]2CCCN2CC(=O)N(Cc2ccccc2)Cc2ccco2)cc1OC. The number of rotatable bonds is 9. The molecule has 1 atom stereocenters. The smallest absolute Gasteiger partial charge is 0.237 e. The fraction of sp³-hybridized carbons (Fsp3) is 0.346. The van der Waals surface area contributed by atoms with Crippen molar-refractivity contribution in [3.63, 3.8) is 0 Å². The zero-order valence-electron chi connectivity index (χ0n) is 18.7. The van der Waals surface area contributed by atoms with Crippen LogP contribution in [0.2, 0.25) is 0 Å². The Labute approximate surface area is 189 Å². The molecule has 168 valence electrons. The minimum Gasteiger partial charge on any atom is -0.493 e. The highest BCUT2D eigenvalue weighted by Gasteiger charge is 2.30. The summed E-state index contributed by atoms with van der Waals surface area (Å²) in [6, 6.07) is 20.1. The van der Waals surface area contributed by atoms with E-state index in [1.165, 1.54) is 0 Å². The van der Waals surface area contributed by atoms with Crippen LogP contribution in [0.25, 0.3) is 0 Å². The summed E-state index contributed by atoms with van der Waals surface area (Å²) in [6.45, 7) is 2.27. The van der Waals surface area contributed by atoms with Gasteiger partial charge in [-0.05, 0) is 54.8 Å². The van der Waals surface area contributed by atoms with E-state index >= 15 is 0 Å². The Morgan fingerprint density at radius 1 is 1.03 bits per heavy atom. The first-order chi connectivity index (χ1) is 15.7. The van der Waals surface area contributed by atoms with Crippen LogP contribution in [0.5, 0.6) is 11.5 Å². The highest BCUT2D eigenvalue weighted by molar-refractivity contribution is 5.78. The molecule has 1 aliphatic rings. The fourth-order valence-corrected chi connectivity index (χ4v) is 4.35. The van der Waals surface area contributed by atoms with E-state index in [4.69, 9.17) is 13.9 Å². The van der Waals surface area contributed by atoms with Gasteiger partial charge in [0.1, 0.15) is 5.76 Å². The molecule has 1 saturated heterocycles. The van der Waals surface area contributed by atoms with Crippen molar-refractivity contribution in [2.45, 2.75) is 32.0 Å². The Hall–Kier alpha value is -3.25. The predicted molar refractivity (Wildman–Crippen MR) is 122 cm³/mol. The quantitative estimate of drug-likeness (QED) is 0.490. The second-order valence-corrected chi connectivity index (χ2v) is 8.06. The van der Waals surface area contributed by atoms with Crippen molar-refractivity contribution < 1.29 is 18.7 Å². The van der Waals surface area contributed by atoms with Crippen LogP contribution in [0, 0.1) is 0 Å². The van der Waals surface area contributed by atoms with Crippen molar-refractivity contribution in [1.29, 1.82) is 0 Å². The lowest BCUT2D eigenvalue weighted by molar-refractivity contribution is -0.134. The normalized spacial score (nSPS) is 16.1. The lowest BCUT2D eigenvalue weighted by Crippen LogP contribution is -2.39. The maximum Gasteiger partial charge on any atom is 0.237 e. The third kappa shape index (κ3) is 5.14. The molecule has 6 nitrogen and oxygen atoms in total. The van der Waals surface area contributed by atoms with E-state index in [2.05, 4.69) is 11.0 Å². The Bertz CT molecular complexity index is 1000. The molecule has 4 rings (SSSR count). The largest absolute Gasteiger partial charge is 0.493 e. The van der Waals surface area contributed by atoms with Crippen LogP contribution in [-0.2, 0) is 17.9 Å². The lowest BCUT2D eigenvalue weighted by atomic mass is 10.0. The van der Waals surface area contributed by atoms with Gasteiger partial charge in [0.15, 0.2) is 11.5 Å². The Morgan fingerprint density at radius 2 is 1.84 bits per heavy atom. The van der Waals surface area contributed by atoms with Crippen molar-refractivity contribution >= 4 is 5.91 Å². The van der Waals surface area contributed by atoms with E-state index in [-0.39, 0.29) is 11.9 Å². The van der Waals surface area contributed by atoms with Crippen LogP contribution in [0.15, 0.2) is 71.3 Å². The minimum absolute atomic E-state index is 0.0950. The maximum atomic E-state index is 13.4. The van der Waals surface area contributed by atoms with Gasteiger partial charge < -0.3 is 18.8 Å². The van der Waals surface area contributed by atoms with Gasteiger partial charge in [0.25, 0.3) is 0 Å². The fourth-order valence-electron chi connectivity index (χ4n) is 4.35. The molecule has 1 aliphatic heterocycles. The third-order valence-corrected chi connectivity index (χ3v) is 5.99. The second kappa shape index (κ2) is 10.4. The highest BCUT2D eigenvalue weighted by Crippen LogP contribution is 2.36. The number of benzene rings is 2. The summed E-state index contributed by atoms with van der Waals surface area (Å²) in [6.07, 6.45) is 3.72. The number of likely N-dealkylation sites (tertiary alicyclic amines) is 1. The number of ether oxygens (including phenoxy) is 2. The molecule has 1 aromatic heterocycles. The number of furan rings is 1. The molecule has 1 amide bonds. The summed E-state index contributed by atoms with van der Waals surface area (Å²) in [5.41, 5.74) is 2.25. The zero-order valence-corrected chi connectivity index (χ0v) is 18.7. The molecule has 0 saturated carbocycles. The minimum atomic E-state index is 0.0950. The second-order valence-electron chi connectivity index (χ2n) is 8.06. The number of hydrogen-bond donors (Lipinski definition) is 0. The molecule has 0 N–H and O–H groups in total. The van der Waals surface area contributed by atoms with Gasteiger partial charge in [-0.15, -0.1) is 0 Å². The summed E-state index contributed by atoms with van der Waals surface area (Å²) in [5, 5.41) is 0. The van der Waals surface area contributed by atoms with E-state index in [0.717, 1.165) is 36.3 Å². The van der Waals surface area contributed by atoms with Gasteiger partial charge in [0.05, 0.1) is 33.6 Å². The van der Waals surface area contributed by atoms with Gasteiger partial charge in [-0.25, -0.2) is 0 Å². The van der Waals surface area contributed by atoms with Crippen LogP contribution in [0.3, 0.4) is 0 Å². The molecular weight excluding hydrogens is 404 g/mol. The molecule has 0 bridgehead atoms. The molecule has 6 heteroatoms. The van der Waals surface area contributed by atoms with E-state index in [1.54, 1.807) is 20.5 Å². The van der Waals surface area contributed by atoms with Crippen molar-refractivity contribution in [1.82, 2.24) is 9.80 Å². The van der Waals surface area contributed by atoms with Gasteiger partial charge in [-0.2, -0.15) is 0 Å². The van der Waals surface area contributed by atoms with Crippen LogP contribution in [-0.4, -0.2) is 43.0 Å². The van der Waals surface area contributed by atoms with Gasteiger partial charge in [-0.1, -0.05) is 36.4 Å². The average Bonchev–Trinajstić information content (AvgIpc) is 3.51. The molecule has 32 heavy (non-hydrogen) atoms. The molecular formula is C26H30N2O4. The van der Waals surface area contributed by atoms with E-state index in [1.807, 2.05) is 59.5 Å². The number of hydrogen-bond acceptors (Lipinski definition) is 5. The molecule has 1 fully saturated rings. The molecule has 2 aromatic carbocycles. The number of carbonyl (C=O) groups is 1. The Kier molecular flexibility index (Phi) is 7.12. The number of carbonyl (C=O) groups excluding carboxylic acids is 1. The Morgan fingerprint density at radius 3 is 2.56 bits per heavy atom. The molecule has 2 heterocycles. The first-order valence-electron chi connectivity index (χ1n) is 11.0. The summed E-state index contributed by atoms with van der Waals surface area (Å²) in [4.78, 5) is 17.6. The van der Waals surface area contributed by atoms with Gasteiger partial charge in [-0.3, -0.25) is 9.69 Å². The highest BCUT2D eigenvalue weighted by atomic mass is 16.5. The molecule has 0 unspecified atom stereocenters. The van der Waals surface area contributed by atoms with Gasteiger partial charge >= 0.3 is 0 Å². The molecule has 0 spiro atoms. The number of methoxy groups -OCH3 is 2. The summed E-state index contributed by atoms with van der Waals surface area (Å²) in [5.74, 6) is 2.31. The first kappa shape index (κ1) is 22.0. The molecule has 0 radical (unpaired) electrons. The number of amides is 1. The van der Waals surface area contributed by atoms with Crippen molar-refractivity contribution in [2.24, 2.45) is 0 Å². The van der Waals surface area contributed by atoms with E-state index in [0.29, 0.717) is 31.1 Å². The van der Waals surface area contributed by atoms with Crippen molar-refractivity contribution in [3.05, 3.63) is 83.8 Å². The van der Waals surface area contributed by atoms with Crippen LogP contribution < -0.4 is 9.47 Å². The standard InChI is InChI=1S/C26H30N2O4/c1-30-24-13-12-21(16-25(24)31-2)23-11-6-14-27(23)19-26(29)28(18-22-10-7-15-32-22)17-20-8-4-3-5-9-20/h3-5,7-10,12-13,15-16,23H,6,11,14,17-19H2,1-2H3/t23-/m1/s1. The van der Waals surface area contributed by atoms with E-state index in [9.17, 15) is 4.79 Å². The predicted octanol–water partition coefficient (Wildman–Crippen LogP) is 4.66. The third-order valence-electron chi connectivity index (χ3n) is 5.99.